The topological polar surface area (TPSA) is 0 Å². The fourth-order valence-corrected chi connectivity index (χ4v) is 12.2. The molecule has 4 aromatic rings. The molecule has 0 N–H and O–H groups in total. The van der Waals surface area contributed by atoms with Crippen LogP contribution in [0.3, 0.4) is 0 Å². The zero-order valence-electron chi connectivity index (χ0n) is 36.6. The van der Waals surface area contributed by atoms with Crippen LogP contribution in [0.15, 0.2) is 109 Å². The van der Waals surface area contributed by atoms with Crippen LogP contribution in [-0.2, 0) is 43.4 Å². The van der Waals surface area contributed by atoms with Gasteiger partial charge in [0.1, 0.15) is 0 Å². The van der Waals surface area contributed by atoms with Crippen molar-refractivity contribution in [2.45, 2.75) is 143 Å². The van der Waals surface area contributed by atoms with Gasteiger partial charge >= 0.3 is 43.4 Å². The van der Waals surface area contributed by atoms with Crippen molar-refractivity contribution in [1.82, 2.24) is 0 Å². The Hall–Kier alpha value is -0.511. The van der Waals surface area contributed by atoms with Crippen LogP contribution in [0, 0.1) is 12.2 Å². The number of hydrogen-bond donors (Lipinski definition) is 0. The van der Waals surface area contributed by atoms with E-state index in [9.17, 15) is 0 Å². The molecule has 316 valence electrons. The summed E-state index contributed by atoms with van der Waals surface area (Å²) in [5, 5.41) is 9.06. The number of rotatable bonds is 22. The summed E-state index contributed by atoms with van der Waals surface area (Å²) in [5.41, 5.74) is 0. The third kappa shape index (κ3) is 26.1. The molecule has 0 radical (unpaired) electrons. The van der Waals surface area contributed by atoms with Gasteiger partial charge in [-0.1, -0.05) is 133 Å². The van der Waals surface area contributed by atoms with Gasteiger partial charge in [-0.05, 0) is 50.3 Å². The van der Waals surface area contributed by atoms with E-state index in [4.69, 9.17) is 0 Å². The number of benzene rings is 2. The van der Waals surface area contributed by atoms with Crippen LogP contribution in [0.1, 0.15) is 143 Å². The molecule has 2 aliphatic rings. The Morgan fingerprint density at radius 2 is 0.793 bits per heavy atom. The van der Waals surface area contributed by atoms with E-state index in [1.54, 1.807) is 10.6 Å². The molecule has 0 fully saturated rings. The second kappa shape index (κ2) is 40.6. The summed E-state index contributed by atoms with van der Waals surface area (Å²) in [4.78, 5) is 0. The molecule has 0 unspecified atom stereocenters. The summed E-state index contributed by atoms with van der Waals surface area (Å²) >= 11 is 0. The second-order valence-corrected chi connectivity index (χ2v) is 19.9. The van der Waals surface area contributed by atoms with Crippen LogP contribution in [0.2, 0.25) is 0 Å². The molecular formula is C52H74Cl2P2Ti2-2. The van der Waals surface area contributed by atoms with Crippen LogP contribution in [0.25, 0.3) is 21.5 Å². The van der Waals surface area contributed by atoms with E-state index in [1.165, 1.54) is 149 Å². The van der Waals surface area contributed by atoms with Gasteiger partial charge in [0.15, 0.2) is 0 Å². The maximum absolute atomic E-state index is 2.99. The average Bonchev–Trinajstić information content (AvgIpc) is 4.06. The smallest absolute Gasteiger partial charge is 1.00 e. The monoisotopic (exact) mass is 926 g/mol. The van der Waals surface area contributed by atoms with Gasteiger partial charge in [-0.3, -0.25) is 12.2 Å². The number of allylic oxidation sites excluding steroid dienone is 8. The predicted molar refractivity (Wildman–Crippen MR) is 251 cm³/mol. The summed E-state index contributed by atoms with van der Waals surface area (Å²) in [6.07, 6.45) is 48.1. The van der Waals surface area contributed by atoms with Gasteiger partial charge in [-0.15, -0.1) is 93.5 Å². The van der Waals surface area contributed by atoms with E-state index < -0.39 is 0 Å². The zero-order valence-corrected chi connectivity index (χ0v) is 43.0. The third-order valence-electron chi connectivity index (χ3n) is 10.2. The van der Waals surface area contributed by atoms with Crippen molar-refractivity contribution in [3.8, 4) is 0 Å². The minimum Gasteiger partial charge on any atom is -1.00 e. The molecule has 6 rings (SSSR count). The minimum absolute atomic E-state index is 0. The Bertz CT molecular complexity index is 1390. The van der Waals surface area contributed by atoms with E-state index >= 15 is 0 Å². The Kier molecular flexibility index (Phi) is 41.7. The van der Waals surface area contributed by atoms with Crippen LogP contribution < -0.4 is 35.4 Å². The fourth-order valence-electron chi connectivity index (χ4n) is 6.97. The SMILES string of the molecule is CCCCCCP(CCCCCC)c1cc2ccccc2[cH-]1.CCCCCCP(CCCCCC)c1cc2ccccc2[cH-]1.[C-]1=CC=CC1.[C-]1=CC=CC1.[Cl-].[Cl-].[Ti+2].[Ti+2]. The summed E-state index contributed by atoms with van der Waals surface area (Å²) in [7, 11) is 0.128. The summed E-state index contributed by atoms with van der Waals surface area (Å²) in [6, 6.07) is 27.6. The van der Waals surface area contributed by atoms with Gasteiger partial charge in [-0.2, -0.15) is 24.3 Å². The number of halogens is 2. The summed E-state index contributed by atoms with van der Waals surface area (Å²) < 4.78 is 0. The van der Waals surface area contributed by atoms with Crippen molar-refractivity contribution in [1.29, 1.82) is 0 Å². The third-order valence-corrected chi connectivity index (χ3v) is 15.6. The molecule has 4 aromatic carbocycles. The van der Waals surface area contributed by atoms with Gasteiger partial charge in [0.05, 0.1) is 0 Å². The molecule has 0 aliphatic heterocycles. The fraction of sp³-hybridized carbons (Fsp3) is 0.500. The maximum atomic E-state index is 2.99. The molecule has 58 heavy (non-hydrogen) atoms. The number of hydrogen-bond acceptors (Lipinski definition) is 0. The molecule has 0 nitrogen and oxygen atoms in total. The van der Waals surface area contributed by atoms with Crippen molar-refractivity contribution in [3.63, 3.8) is 0 Å². The van der Waals surface area contributed by atoms with Crippen molar-refractivity contribution in [2.24, 2.45) is 0 Å². The summed E-state index contributed by atoms with van der Waals surface area (Å²) in [6.45, 7) is 9.21. The molecule has 0 saturated carbocycles. The first-order valence-corrected chi connectivity index (χ1v) is 25.4. The van der Waals surface area contributed by atoms with Crippen molar-refractivity contribution >= 4 is 48.0 Å². The van der Waals surface area contributed by atoms with E-state index in [1.807, 2.05) is 24.3 Å². The van der Waals surface area contributed by atoms with Gasteiger partial charge in [0.25, 0.3) is 0 Å². The van der Waals surface area contributed by atoms with E-state index in [2.05, 4.69) is 125 Å². The Balaban J connectivity index is 0. The normalized spacial score (nSPS) is 11.8. The average molecular weight is 928 g/mol. The molecule has 0 bridgehead atoms. The van der Waals surface area contributed by atoms with E-state index in [0.717, 1.165) is 12.8 Å². The molecule has 0 atom stereocenters. The Labute approximate surface area is 402 Å². The quantitative estimate of drug-likeness (QED) is 0.0319. The van der Waals surface area contributed by atoms with Crippen molar-refractivity contribution in [3.05, 3.63) is 121 Å². The van der Waals surface area contributed by atoms with Crippen LogP contribution in [0.4, 0.5) is 0 Å². The molecule has 0 heterocycles. The molecule has 0 saturated heterocycles. The van der Waals surface area contributed by atoms with E-state index in [0.29, 0.717) is 0 Å². The van der Waals surface area contributed by atoms with Gasteiger partial charge in [0.2, 0.25) is 0 Å². The summed E-state index contributed by atoms with van der Waals surface area (Å²) in [5.74, 6) is 0. The molecular weight excluding hydrogens is 853 g/mol. The van der Waals surface area contributed by atoms with Crippen molar-refractivity contribution in [2.75, 3.05) is 24.6 Å². The van der Waals surface area contributed by atoms with Crippen LogP contribution >= 0.6 is 15.8 Å². The molecule has 2 aliphatic carbocycles. The van der Waals surface area contributed by atoms with Gasteiger partial charge < -0.3 is 24.8 Å². The van der Waals surface area contributed by atoms with Crippen molar-refractivity contribution < 1.29 is 68.2 Å². The van der Waals surface area contributed by atoms with Gasteiger partial charge in [-0.25, -0.2) is 24.3 Å². The zero-order chi connectivity index (χ0) is 38.3. The standard InChI is InChI=1S/2C21H32P.2C5H5.2ClH.2Ti/c2*1-3-5-7-11-15-22(16-12-8-6-4-2)21-17-19-13-9-10-14-20(19)18-21;2*1-2-4-5-3-1;;;;/h2*9-10,13-14,17-18H,3-8,11-12,15-16H2,1-2H3;2*1-3H,4H2;2*1H;;/q4*-1;;;2*+2/p-2. The Morgan fingerprint density at radius 3 is 1.03 bits per heavy atom. The molecule has 0 amide bonds. The van der Waals surface area contributed by atoms with Gasteiger partial charge in [0, 0.05) is 0 Å². The number of unbranched alkanes of at least 4 members (excludes halogenated alkanes) is 12. The van der Waals surface area contributed by atoms with Crippen LogP contribution in [-0.4, -0.2) is 24.6 Å². The minimum atomic E-state index is 0. The first kappa shape index (κ1) is 59.6. The molecule has 0 aromatic heterocycles. The predicted octanol–water partition coefficient (Wildman–Crippen LogP) is 10.3. The molecule has 0 spiro atoms. The number of fused-ring (bicyclic) bond motifs is 2. The molecule has 6 heteroatoms. The first-order valence-electron chi connectivity index (χ1n) is 21.9. The maximum Gasteiger partial charge on any atom is 2.00 e. The Morgan fingerprint density at radius 1 is 0.466 bits per heavy atom. The van der Waals surface area contributed by atoms with Crippen LogP contribution in [0.5, 0.6) is 0 Å². The first-order chi connectivity index (χ1) is 26.7. The largest absolute Gasteiger partial charge is 2.00 e. The van der Waals surface area contributed by atoms with E-state index in [-0.39, 0.29) is 84.1 Å². The second-order valence-electron chi connectivity index (χ2n) is 14.9.